The number of rotatable bonds is 39. The van der Waals surface area contributed by atoms with Gasteiger partial charge in [-0.25, -0.2) is 4.57 Å². The van der Waals surface area contributed by atoms with Gasteiger partial charge in [0.05, 0.1) is 6.61 Å². The molecule has 0 aromatic rings. The van der Waals surface area contributed by atoms with E-state index in [2.05, 4.69) is 30.5 Å². The SMILES string of the molecule is CCCCCCCC/C=C\CCCCCCCCCC(=O)OC(COC(=O)CCCCCCCCCCCCCCCCC)COP(=O)(O)O. The molecule has 0 fully saturated rings. The molecule has 0 aliphatic carbocycles. The fraction of sp³-hybridized carbons (Fsp3) is 0.902. The molecule has 0 saturated heterocycles. The summed E-state index contributed by atoms with van der Waals surface area (Å²) in [4.78, 5) is 42.8. The highest BCUT2D eigenvalue weighted by Gasteiger charge is 2.22. The summed E-state index contributed by atoms with van der Waals surface area (Å²) >= 11 is 0. The Hall–Kier alpha value is -1.21. The van der Waals surface area contributed by atoms with Gasteiger partial charge in [0.2, 0.25) is 0 Å². The van der Waals surface area contributed by atoms with Gasteiger partial charge in [0, 0.05) is 12.8 Å². The van der Waals surface area contributed by atoms with Crippen molar-refractivity contribution in [3.8, 4) is 0 Å². The molecule has 0 rings (SSSR count). The topological polar surface area (TPSA) is 119 Å². The summed E-state index contributed by atoms with van der Waals surface area (Å²) in [6.45, 7) is 3.70. The second-order valence-corrected chi connectivity index (χ2v) is 15.6. The average molecular weight is 731 g/mol. The first-order valence-corrected chi connectivity index (χ1v) is 22.5. The molecule has 0 saturated carbocycles. The van der Waals surface area contributed by atoms with E-state index in [4.69, 9.17) is 19.3 Å². The number of hydrogen-bond acceptors (Lipinski definition) is 6. The minimum absolute atomic E-state index is 0.211. The van der Waals surface area contributed by atoms with Crippen molar-refractivity contribution in [2.24, 2.45) is 0 Å². The largest absolute Gasteiger partial charge is 0.469 e. The quantitative estimate of drug-likeness (QED) is 0.0278. The highest BCUT2D eigenvalue weighted by atomic mass is 31.2. The Morgan fingerprint density at radius 1 is 0.500 bits per heavy atom. The summed E-state index contributed by atoms with van der Waals surface area (Å²) in [5, 5.41) is 0. The zero-order chi connectivity index (χ0) is 36.8. The van der Waals surface area contributed by atoms with E-state index in [9.17, 15) is 14.2 Å². The second kappa shape index (κ2) is 37.5. The van der Waals surface area contributed by atoms with Crippen molar-refractivity contribution in [1.82, 2.24) is 0 Å². The van der Waals surface area contributed by atoms with Crippen LogP contribution in [0.3, 0.4) is 0 Å². The minimum atomic E-state index is -4.75. The van der Waals surface area contributed by atoms with Crippen molar-refractivity contribution in [1.29, 1.82) is 0 Å². The maximum atomic E-state index is 12.4. The molecule has 0 aromatic carbocycles. The molecule has 0 aromatic heterocycles. The van der Waals surface area contributed by atoms with E-state index >= 15 is 0 Å². The average Bonchev–Trinajstić information content (AvgIpc) is 3.08. The van der Waals surface area contributed by atoms with E-state index in [0.717, 1.165) is 44.9 Å². The Morgan fingerprint density at radius 2 is 0.840 bits per heavy atom. The van der Waals surface area contributed by atoms with Gasteiger partial charge in [0.15, 0.2) is 6.10 Å². The number of carbonyl (C=O) groups is 2. The smallest absolute Gasteiger partial charge is 0.462 e. The van der Waals surface area contributed by atoms with Crippen LogP contribution in [-0.2, 0) is 28.2 Å². The summed E-state index contributed by atoms with van der Waals surface area (Å²) in [7, 11) is -4.75. The maximum absolute atomic E-state index is 12.4. The molecule has 0 aliphatic rings. The molecule has 0 aliphatic heterocycles. The molecule has 0 radical (unpaired) electrons. The van der Waals surface area contributed by atoms with Gasteiger partial charge in [-0.3, -0.25) is 14.1 Å². The molecule has 296 valence electrons. The fourth-order valence-electron chi connectivity index (χ4n) is 6.13. The zero-order valence-corrected chi connectivity index (χ0v) is 33.5. The first-order valence-electron chi connectivity index (χ1n) is 21.0. The maximum Gasteiger partial charge on any atom is 0.469 e. The first-order chi connectivity index (χ1) is 24.3. The van der Waals surface area contributed by atoms with Crippen LogP contribution in [0.4, 0.5) is 0 Å². The van der Waals surface area contributed by atoms with Crippen LogP contribution >= 0.6 is 7.82 Å². The Bertz CT molecular complexity index is 827. The fourth-order valence-corrected chi connectivity index (χ4v) is 6.49. The Labute approximate surface area is 307 Å². The predicted molar refractivity (Wildman–Crippen MR) is 207 cm³/mol. The highest BCUT2D eigenvalue weighted by molar-refractivity contribution is 7.46. The molecule has 0 bridgehead atoms. The number of phosphoric acid groups is 1. The van der Waals surface area contributed by atoms with E-state index in [1.54, 1.807) is 0 Å². The van der Waals surface area contributed by atoms with Crippen molar-refractivity contribution in [3.63, 3.8) is 0 Å². The van der Waals surface area contributed by atoms with Crippen molar-refractivity contribution >= 4 is 19.8 Å². The Kier molecular flexibility index (Phi) is 36.6. The van der Waals surface area contributed by atoms with E-state index in [0.29, 0.717) is 6.42 Å². The van der Waals surface area contributed by atoms with Crippen LogP contribution in [0.15, 0.2) is 12.2 Å². The standard InChI is InChI=1S/C41H79O8P/c1-3-5-7-9-11-13-15-17-19-20-22-24-26-28-30-32-34-36-41(43)49-39(38-48-50(44,45)46)37-47-40(42)35-33-31-29-27-25-23-21-18-16-14-12-10-8-6-4-2/h17,19,39H,3-16,18,20-38H2,1-2H3,(H2,44,45,46)/b19-17-. The van der Waals surface area contributed by atoms with E-state index in [1.165, 1.54) is 141 Å². The third kappa shape index (κ3) is 39.6. The van der Waals surface area contributed by atoms with Gasteiger partial charge in [0.25, 0.3) is 0 Å². The third-order valence-corrected chi connectivity index (χ3v) is 9.77. The number of esters is 2. The van der Waals surface area contributed by atoms with Gasteiger partial charge in [-0.05, 0) is 38.5 Å². The van der Waals surface area contributed by atoms with Crippen LogP contribution in [0.2, 0.25) is 0 Å². The molecule has 0 amide bonds. The van der Waals surface area contributed by atoms with Crippen molar-refractivity contribution in [2.45, 2.75) is 225 Å². The monoisotopic (exact) mass is 731 g/mol. The van der Waals surface area contributed by atoms with E-state index < -0.39 is 32.5 Å². The Balaban J connectivity index is 3.89. The lowest BCUT2D eigenvalue weighted by Gasteiger charge is -2.18. The van der Waals surface area contributed by atoms with Crippen LogP contribution < -0.4 is 0 Å². The van der Waals surface area contributed by atoms with E-state index in [-0.39, 0.29) is 19.4 Å². The summed E-state index contributed by atoms with van der Waals surface area (Å²) < 4.78 is 26.4. The normalized spacial score (nSPS) is 12.5. The number of ether oxygens (including phenoxy) is 2. The molecular weight excluding hydrogens is 651 g/mol. The van der Waals surface area contributed by atoms with Crippen LogP contribution in [0, 0.1) is 0 Å². The number of phosphoric ester groups is 1. The number of allylic oxidation sites excluding steroid dienone is 2. The Morgan fingerprint density at radius 3 is 1.22 bits per heavy atom. The lowest BCUT2D eigenvalue weighted by atomic mass is 10.0. The van der Waals surface area contributed by atoms with Crippen molar-refractivity contribution < 1.29 is 37.9 Å². The molecule has 8 nitrogen and oxygen atoms in total. The summed E-state index contributed by atoms with van der Waals surface area (Å²) in [6.07, 6.45) is 40.7. The van der Waals surface area contributed by atoms with Gasteiger partial charge < -0.3 is 19.3 Å². The third-order valence-electron chi connectivity index (χ3n) is 9.28. The van der Waals surface area contributed by atoms with Crippen molar-refractivity contribution in [3.05, 3.63) is 12.2 Å². The molecule has 1 unspecified atom stereocenters. The number of unbranched alkanes of at least 4 members (excludes halogenated alkanes) is 27. The van der Waals surface area contributed by atoms with Gasteiger partial charge in [0.1, 0.15) is 6.61 Å². The lowest BCUT2D eigenvalue weighted by Crippen LogP contribution is -2.29. The van der Waals surface area contributed by atoms with Gasteiger partial charge in [-0.1, -0.05) is 180 Å². The molecular formula is C41H79O8P. The van der Waals surface area contributed by atoms with Crippen molar-refractivity contribution in [2.75, 3.05) is 13.2 Å². The molecule has 0 heterocycles. The van der Waals surface area contributed by atoms with E-state index in [1.807, 2.05) is 0 Å². The molecule has 0 spiro atoms. The van der Waals surface area contributed by atoms with Gasteiger partial charge in [-0.2, -0.15) is 0 Å². The lowest BCUT2D eigenvalue weighted by molar-refractivity contribution is -0.161. The number of hydrogen-bond donors (Lipinski definition) is 2. The first kappa shape index (κ1) is 48.8. The molecule has 50 heavy (non-hydrogen) atoms. The van der Waals surface area contributed by atoms with Crippen LogP contribution in [0.1, 0.15) is 219 Å². The van der Waals surface area contributed by atoms with Crippen LogP contribution in [0.25, 0.3) is 0 Å². The van der Waals surface area contributed by atoms with Crippen LogP contribution in [0.5, 0.6) is 0 Å². The predicted octanol–water partition coefficient (Wildman–Crippen LogP) is 12.6. The summed E-state index contributed by atoms with van der Waals surface area (Å²) in [6, 6.07) is 0. The second-order valence-electron chi connectivity index (χ2n) is 14.3. The number of carbonyl (C=O) groups excluding carboxylic acids is 2. The minimum Gasteiger partial charge on any atom is -0.462 e. The summed E-state index contributed by atoms with van der Waals surface area (Å²) in [5.74, 6) is -0.878. The highest BCUT2D eigenvalue weighted by Crippen LogP contribution is 2.36. The zero-order valence-electron chi connectivity index (χ0n) is 32.6. The molecule has 9 heteroatoms. The summed E-state index contributed by atoms with van der Waals surface area (Å²) in [5.41, 5.74) is 0. The van der Waals surface area contributed by atoms with Gasteiger partial charge >= 0.3 is 19.8 Å². The van der Waals surface area contributed by atoms with Crippen LogP contribution in [-0.4, -0.2) is 41.0 Å². The molecule has 2 N–H and O–H groups in total. The van der Waals surface area contributed by atoms with Gasteiger partial charge in [-0.15, -0.1) is 0 Å². The molecule has 1 atom stereocenters.